The number of phenols is 1. The lowest BCUT2D eigenvalue weighted by atomic mass is 9.98. The molecule has 2 aliphatic heterocycles. The van der Waals surface area contributed by atoms with E-state index in [1.165, 1.54) is 11.0 Å². The summed E-state index contributed by atoms with van der Waals surface area (Å²) in [5.74, 6) is -1.34. The molecule has 0 saturated carbocycles. The molecule has 0 aliphatic carbocycles. The molecule has 4 N–H and O–H groups in total. The molecule has 2 aromatic rings. The van der Waals surface area contributed by atoms with Crippen molar-refractivity contribution < 1.29 is 29.3 Å². The lowest BCUT2D eigenvalue weighted by Gasteiger charge is -2.31. The fourth-order valence-electron chi connectivity index (χ4n) is 5.15. The second-order valence-corrected chi connectivity index (χ2v) is 10.1. The van der Waals surface area contributed by atoms with Gasteiger partial charge in [-0.2, -0.15) is 0 Å². The highest BCUT2D eigenvalue weighted by Gasteiger charge is 2.39. The van der Waals surface area contributed by atoms with Crippen molar-refractivity contribution in [3.05, 3.63) is 65.2 Å². The van der Waals surface area contributed by atoms with Crippen molar-refractivity contribution in [1.29, 1.82) is 0 Å². The zero-order valence-electron chi connectivity index (χ0n) is 22.3. The number of ether oxygens (including phenoxy) is 1. The number of nitrogens with zero attached hydrogens (tertiary/aromatic N) is 2. The van der Waals surface area contributed by atoms with E-state index >= 15 is 0 Å². The number of nitrogens with one attached hydrogen (secondary N) is 2. The molecule has 0 unspecified atom stereocenters. The SMILES string of the molecule is Cc1c(O)cccc1C(=O)N[C@@H](Cc1ccccc1)[C@H](O)C(=O)N1CCC[C@H]1C(=O)NCCN1CCOCC1. The first-order valence-corrected chi connectivity index (χ1v) is 13.5. The smallest absolute Gasteiger partial charge is 0.254 e. The Kier molecular flexibility index (Phi) is 9.91. The number of aliphatic hydroxyl groups is 1. The van der Waals surface area contributed by atoms with Gasteiger partial charge in [0, 0.05) is 43.9 Å². The highest BCUT2D eigenvalue weighted by molar-refractivity contribution is 5.97. The molecule has 3 amide bonds. The normalized spacial score (nSPS) is 19.3. The van der Waals surface area contributed by atoms with Crippen LogP contribution in [0, 0.1) is 6.92 Å². The Morgan fingerprint density at radius 2 is 1.79 bits per heavy atom. The summed E-state index contributed by atoms with van der Waals surface area (Å²) in [5, 5.41) is 27.0. The number of rotatable bonds is 10. The van der Waals surface area contributed by atoms with Crippen LogP contribution in [0.4, 0.5) is 0 Å². The van der Waals surface area contributed by atoms with Gasteiger partial charge in [-0.1, -0.05) is 36.4 Å². The van der Waals surface area contributed by atoms with E-state index in [0.717, 1.165) is 18.7 Å². The third-order valence-corrected chi connectivity index (χ3v) is 7.47. The Hall–Kier alpha value is -3.47. The molecule has 0 aromatic heterocycles. The summed E-state index contributed by atoms with van der Waals surface area (Å²) < 4.78 is 5.35. The highest BCUT2D eigenvalue weighted by atomic mass is 16.5. The van der Waals surface area contributed by atoms with Crippen LogP contribution in [0.15, 0.2) is 48.5 Å². The largest absolute Gasteiger partial charge is 0.508 e. The summed E-state index contributed by atoms with van der Waals surface area (Å²) in [6.07, 6.45) is -0.187. The van der Waals surface area contributed by atoms with Crippen molar-refractivity contribution in [2.24, 2.45) is 0 Å². The molecule has 0 radical (unpaired) electrons. The van der Waals surface area contributed by atoms with Crippen molar-refractivity contribution in [3.63, 3.8) is 0 Å². The number of carbonyl (C=O) groups excluding carboxylic acids is 3. The molecule has 0 spiro atoms. The van der Waals surface area contributed by atoms with Crippen molar-refractivity contribution in [2.45, 2.75) is 44.4 Å². The van der Waals surface area contributed by atoms with Crippen molar-refractivity contribution in [3.8, 4) is 5.75 Å². The van der Waals surface area contributed by atoms with E-state index in [1.54, 1.807) is 19.1 Å². The number of amides is 3. The van der Waals surface area contributed by atoms with E-state index < -0.39 is 30.0 Å². The van der Waals surface area contributed by atoms with Crippen LogP contribution in [0.3, 0.4) is 0 Å². The molecular formula is C29H38N4O6. The van der Waals surface area contributed by atoms with Gasteiger partial charge in [0.05, 0.1) is 19.3 Å². The maximum atomic E-state index is 13.5. The zero-order valence-corrected chi connectivity index (χ0v) is 22.3. The number of aromatic hydroxyl groups is 1. The van der Waals surface area contributed by atoms with Crippen LogP contribution in [0.2, 0.25) is 0 Å². The summed E-state index contributed by atoms with van der Waals surface area (Å²) in [7, 11) is 0. The maximum absolute atomic E-state index is 13.5. The molecule has 4 rings (SSSR count). The molecular weight excluding hydrogens is 500 g/mol. The summed E-state index contributed by atoms with van der Waals surface area (Å²) in [6, 6.07) is 12.3. The van der Waals surface area contributed by atoms with Gasteiger partial charge in [-0.05, 0) is 43.9 Å². The molecule has 3 atom stereocenters. The van der Waals surface area contributed by atoms with E-state index in [1.807, 2.05) is 30.3 Å². The Morgan fingerprint density at radius 1 is 1.05 bits per heavy atom. The van der Waals surface area contributed by atoms with Gasteiger partial charge in [0.2, 0.25) is 5.91 Å². The average Bonchev–Trinajstić information content (AvgIpc) is 3.45. The lowest BCUT2D eigenvalue weighted by molar-refractivity contribution is -0.146. The number of hydrogen-bond donors (Lipinski definition) is 4. The first-order chi connectivity index (χ1) is 18.8. The molecule has 2 aromatic carbocycles. The van der Waals surface area contributed by atoms with E-state index in [9.17, 15) is 24.6 Å². The third kappa shape index (κ3) is 7.35. The number of phenolic OH excluding ortho intramolecular Hbond substituents is 1. The molecule has 10 nitrogen and oxygen atoms in total. The van der Waals surface area contributed by atoms with E-state index in [-0.39, 0.29) is 23.6 Å². The van der Waals surface area contributed by atoms with Crippen LogP contribution >= 0.6 is 0 Å². The fraction of sp³-hybridized carbons (Fsp3) is 0.483. The van der Waals surface area contributed by atoms with Crippen LogP contribution in [0.1, 0.15) is 34.3 Å². The number of aliphatic hydroxyl groups excluding tert-OH is 1. The van der Waals surface area contributed by atoms with Crippen LogP contribution in [0.5, 0.6) is 5.75 Å². The molecule has 39 heavy (non-hydrogen) atoms. The molecule has 2 fully saturated rings. The predicted octanol–water partition coefficient (Wildman–Crippen LogP) is 0.842. The van der Waals surface area contributed by atoms with E-state index in [4.69, 9.17) is 4.74 Å². The highest BCUT2D eigenvalue weighted by Crippen LogP contribution is 2.22. The molecule has 2 aliphatic rings. The van der Waals surface area contributed by atoms with Crippen LogP contribution in [-0.4, -0.2) is 102 Å². The van der Waals surface area contributed by atoms with Gasteiger partial charge in [0.15, 0.2) is 6.10 Å². The quantitative estimate of drug-likeness (QED) is 0.353. The Labute approximate surface area is 228 Å². The Bertz CT molecular complexity index is 1140. The first kappa shape index (κ1) is 28.5. The number of morpholine rings is 1. The van der Waals surface area contributed by atoms with Crippen molar-refractivity contribution >= 4 is 17.7 Å². The summed E-state index contributed by atoms with van der Waals surface area (Å²) in [6.45, 7) is 6.18. The summed E-state index contributed by atoms with van der Waals surface area (Å²) >= 11 is 0. The molecule has 2 heterocycles. The van der Waals surface area contributed by atoms with Gasteiger partial charge in [0.25, 0.3) is 11.8 Å². The molecule has 210 valence electrons. The van der Waals surface area contributed by atoms with Crippen molar-refractivity contribution in [1.82, 2.24) is 20.4 Å². The minimum absolute atomic E-state index is 0.0153. The molecule has 2 saturated heterocycles. The van der Waals surface area contributed by atoms with E-state index in [2.05, 4.69) is 15.5 Å². The van der Waals surface area contributed by atoms with Gasteiger partial charge in [-0.25, -0.2) is 0 Å². The van der Waals surface area contributed by atoms with Gasteiger partial charge >= 0.3 is 0 Å². The predicted molar refractivity (Wildman–Crippen MR) is 145 cm³/mol. The minimum Gasteiger partial charge on any atom is -0.508 e. The summed E-state index contributed by atoms with van der Waals surface area (Å²) in [5.41, 5.74) is 1.50. The number of hydrogen-bond acceptors (Lipinski definition) is 7. The first-order valence-electron chi connectivity index (χ1n) is 13.5. The lowest BCUT2D eigenvalue weighted by Crippen LogP contribution is -2.56. The number of carbonyl (C=O) groups is 3. The second kappa shape index (κ2) is 13.5. The number of benzene rings is 2. The summed E-state index contributed by atoms with van der Waals surface area (Å²) in [4.78, 5) is 43.3. The van der Waals surface area contributed by atoms with Crippen LogP contribution in [0.25, 0.3) is 0 Å². The van der Waals surface area contributed by atoms with Gasteiger partial charge in [0.1, 0.15) is 11.8 Å². The molecule has 0 bridgehead atoms. The Balaban J connectivity index is 1.43. The number of likely N-dealkylation sites (tertiary alicyclic amines) is 1. The zero-order chi connectivity index (χ0) is 27.8. The van der Waals surface area contributed by atoms with Gasteiger partial charge in [-0.15, -0.1) is 0 Å². The standard InChI is InChI=1S/C29H38N4O6/c1-20-22(9-5-11-25(20)34)27(36)31-23(19-21-7-3-2-4-8-21)26(35)29(38)33-13-6-10-24(33)28(37)30-12-14-32-15-17-39-18-16-32/h2-5,7-9,11,23-24,26,34-35H,6,10,12-19H2,1H3,(H,30,37)(H,31,36)/t23-,24-,26-/m0/s1. The van der Waals surface area contributed by atoms with Crippen molar-refractivity contribution in [2.75, 3.05) is 45.9 Å². The van der Waals surface area contributed by atoms with Crippen LogP contribution < -0.4 is 10.6 Å². The monoisotopic (exact) mass is 538 g/mol. The average molecular weight is 539 g/mol. The fourth-order valence-corrected chi connectivity index (χ4v) is 5.15. The molecule has 10 heteroatoms. The van der Waals surface area contributed by atoms with Gasteiger partial charge < -0.3 is 30.5 Å². The van der Waals surface area contributed by atoms with Crippen LogP contribution in [-0.2, 0) is 20.7 Å². The second-order valence-electron chi connectivity index (χ2n) is 10.1. The maximum Gasteiger partial charge on any atom is 0.254 e. The third-order valence-electron chi connectivity index (χ3n) is 7.47. The van der Waals surface area contributed by atoms with Gasteiger partial charge in [-0.3, -0.25) is 19.3 Å². The topological polar surface area (TPSA) is 131 Å². The van der Waals surface area contributed by atoms with E-state index in [0.29, 0.717) is 51.3 Å². The Morgan fingerprint density at radius 3 is 2.54 bits per heavy atom. The minimum atomic E-state index is -1.56.